The Labute approximate surface area is 126 Å². The molecule has 2 aromatic carbocycles. The molecular weight excluding hydrogens is 282 g/mol. The molecule has 22 heavy (non-hydrogen) atoms. The molecule has 5 nitrogen and oxygen atoms in total. The Morgan fingerprint density at radius 2 is 1.82 bits per heavy atom. The predicted octanol–water partition coefficient (Wildman–Crippen LogP) is 3.72. The van der Waals surface area contributed by atoms with Gasteiger partial charge < -0.3 is 14.4 Å². The standard InChI is InChI=1S/C17H13NO4/c1-21-13-9-5-8-12(10-13)14-15(17(19)20)18-22-16(14)11-6-3-2-4-7-11/h2-10H,1H3,(H,19,20). The van der Waals surface area contributed by atoms with Gasteiger partial charge in [0.25, 0.3) is 0 Å². The van der Waals surface area contributed by atoms with Crippen molar-refractivity contribution in [1.82, 2.24) is 5.16 Å². The molecule has 0 aliphatic carbocycles. The van der Waals surface area contributed by atoms with Crippen molar-refractivity contribution < 1.29 is 19.2 Å². The van der Waals surface area contributed by atoms with Crippen LogP contribution in [0.3, 0.4) is 0 Å². The molecule has 3 aromatic rings. The fraction of sp³-hybridized carbons (Fsp3) is 0.0588. The Bertz CT molecular complexity index is 809. The van der Waals surface area contributed by atoms with Crippen molar-refractivity contribution in [2.45, 2.75) is 0 Å². The predicted molar refractivity (Wildman–Crippen MR) is 80.9 cm³/mol. The molecule has 0 aliphatic rings. The monoisotopic (exact) mass is 295 g/mol. The lowest BCUT2D eigenvalue weighted by atomic mass is 9.99. The van der Waals surface area contributed by atoms with Gasteiger partial charge in [-0.25, -0.2) is 4.79 Å². The zero-order chi connectivity index (χ0) is 15.5. The van der Waals surface area contributed by atoms with Crippen molar-refractivity contribution in [3.63, 3.8) is 0 Å². The van der Waals surface area contributed by atoms with E-state index in [0.29, 0.717) is 22.6 Å². The number of ether oxygens (including phenoxy) is 1. The minimum Gasteiger partial charge on any atom is -0.497 e. The Hall–Kier alpha value is -3.08. The van der Waals surface area contributed by atoms with Crippen molar-refractivity contribution >= 4 is 5.97 Å². The smallest absolute Gasteiger partial charge is 0.358 e. The molecule has 0 amide bonds. The van der Waals surface area contributed by atoms with Gasteiger partial charge in [0.15, 0.2) is 11.5 Å². The summed E-state index contributed by atoms with van der Waals surface area (Å²) in [6.45, 7) is 0. The van der Waals surface area contributed by atoms with Gasteiger partial charge >= 0.3 is 5.97 Å². The van der Waals surface area contributed by atoms with Gasteiger partial charge in [-0.15, -0.1) is 0 Å². The van der Waals surface area contributed by atoms with Crippen molar-refractivity contribution in [2.75, 3.05) is 7.11 Å². The molecule has 0 bridgehead atoms. The maximum atomic E-state index is 11.4. The van der Waals surface area contributed by atoms with Crippen LogP contribution < -0.4 is 4.74 Å². The molecule has 110 valence electrons. The van der Waals surface area contributed by atoms with Crippen LogP contribution in [0, 0.1) is 0 Å². The summed E-state index contributed by atoms with van der Waals surface area (Å²) in [6.07, 6.45) is 0. The molecular formula is C17H13NO4. The summed E-state index contributed by atoms with van der Waals surface area (Å²) in [6, 6.07) is 16.4. The molecule has 0 spiro atoms. The second-order valence-electron chi connectivity index (χ2n) is 4.64. The van der Waals surface area contributed by atoms with Crippen LogP contribution in [0.25, 0.3) is 22.5 Å². The fourth-order valence-corrected chi connectivity index (χ4v) is 2.27. The van der Waals surface area contributed by atoms with Gasteiger partial charge in [-0.1, -0.05) is 47.6 Å². The number of nitrogens with zero attached hydrogens (tertiary/aromatic N) is 1. The van der Waals surface area contributed by atoms with Gasteiger partial charge in [0, 0.05) is 5.56 Å². The maximum absolute atomic E-state index is 11.4. The Balaban J connectivity index is 2.23. The highest BCUT2D eigenvalue weighted by Gasteiger charge is 2.24. The van der Waals surface area contributed by atoms with E-state index in [2.05, 4.69) is 5.16 Å². The average molecular weight is 295 g/mol. The molecule has 3 rings (SSSR count). The second kappa shape index (κ2) is 5.73. The topological polar surface area (TPSA) is 72.6 Å². The van der Waals surface area contributed by atoms with Crippen molar-refractivity contribution in [1.29, 1.82) is 0 Å². The highest BCUT2D eigenvalue weighted by molar-refractivity contribution is 5.98. The highest BCUT2D eigenvalue weighted by Crippen LogP contribution is 2.36. The summed E-state index contributed by atoms with van der Waals surface area (Å²) >= 11 is 0. The third-order valence-corrected chi connectivity index (χ3v) is 3.29. The Morgan fingerprint density at radius 3 is 2.50 bits per heavy atom. The van der Waals surface area contributed by atoms with Crippen LogP contribution in [-0.2, 0) is 0 Å². The number of benzene rings is 2. The lowest BCUT2D eigenvalue weighted by molar-refractivity contribution is 0.0686. The minimum atomic E-state index is -1.14. The van der Waals surface area contributed by atoms with Crippen LogP contribution in [0.4, 0.5) is 0 Å². The minimum absolute atomic E-state index is 0.118. The number of carboxylic acids is 1. The largest absolute Gasteiger partial charge is 0.497 e. The van der Waals surface area contributed by atoms with Gasteiger partial charge in [-0.3, -0.25) is 0 Å². The van der Waals surface area contributed by atoms with Crippen LogP contribution in [0.1, 0.15) is 10.5 Å². The van der Waals surface area contributed by atoms with Crippen molar-refractivity contribution in [3.05, 3.63) is 60.3 Å². The van der Waals surface area contributed by atoms with Crippen LogP contribution in [-0.4, -0.2) is 23.3 Å². The van der Waals surface area contributed by atoms with Gasteiger partial charge in [0.2, 0.25) is 0 Å². The fourth-order valence-electron chi connectivity index (χ4n) is 2.27. The number of rotatable bonds is 4. The highest BCUT2D eigenvalue weighted by atomic mass is 16.5. The summed E-state index contributed by atoms with van der Waals surface area (Å²) in [5.41, 5.74) is 1.77. The number of hydrogen-bond acceptors (Lipinski definition) is 4. The molecule has 0 aliphatic heterocycles. The lowest BCUT2D eigenvalue weighted by Crippen LogP contribution is -1.99. The van der Waals surface area contributed by atoms with E-state index in [4.69, 9.17) is 9.26 Å². The Kier molecular flexibility index (Phi) is 3.62. The normalized spacial score (nSPS) is 10.4. The van der Waals surface area contributed by atoms with Gasteiger partial charge in [-0.2, -0.15) is 0 Å². The van der Waals surface area contributed by atoms with E-state index in [0.717, 1.165) is 5.56 Å². The Morgan fingerprint density at radius 1 is 1.09 bits per heavy atom. The quantitative estimate of drug-likeness (QED) is 0.794. The number of carboxylic acid groups (broad SMARTS) is 1. The first-order valence-corrected chi connectivity index (χ1v) is 6.63. The number of aromatic carboxylic acids is 1. The molecule has 1 heterocycles. The first kappa shape index (κ1) is 13.9. The molecule has 0 radical (unpaired) electrons. The first-order valence-electron chi connectivity index (χ1n) is 6.63. The van der Waals surface area contributed by atoms with E-state index in [1.165, 1.54) is 0 Å². The summed E-state index contributed by atoms with van der Waals surface area (Å²) < 4.78 is 10.5. The zero-order valence-electron chi connectivity index (χ0n) is 11.8. The number of hydrogen-bond donors (Lipinski definition) is 1. The summed E-state index contributed by atoms with van der Waals surface area (Å²) in [5.74, 6) is -0.0796. The molecule has 0 unspecified atom stereocenters. The number of carbonyl (C=O) groups is 1. The van der Waals surface area contributed by atoms with Crippen molar-refractivity contribution in [2.24, 2.45) is 0 Å². The molecule has 5 heteroatoms. The van der Waals surface area contributed by atoms with E-state index in [1.807, 2.05) is 30.3 Å². The second-order valence-corrected chi connectivity index (χ2v) is 4.64. The van der Waals surface area contributed by atoms with Gasteiger partial charge in [-0.05, 0) is 17.7 Å². The third kappa shape index (κ3) is 2.44. The molecule has 1 N–H and O–H groups in total. The van der Waals surface area contributed by atoms with E-state index in [9.17, 15) is 9.90 Å². The zero-order valence-corrected chi connectivity index (χ0v) is 11.8. The van der Waals surface area contributed by atoms with E-state index >= 15 is 0 Å². The lowest BCUT2D eigenvalue weighted by Gasteiger charge is -2.05. The first-order chi connectivity index (χ1) is 10.7. The number of aromatic nitrogens is 1. The van der Waals surface area contributed by atoms with Gasteiger partial charge in [0.1, 0.15) is 5.75 Å². The SMILES string of the molecule is COc1cccc(-c2c(C(=O)O)noc2-c2ccccc2)c1. The maximum Gasteiger partial charge on any atom is 0.358 e. The van der Waals surface area contributed by atoms with Gasteiger partial charge in [0.05, 0.1) is 12.7 Å². The summed E-state index contributed by atoms with van der Waals surface area (Å²) in [7, 11) is 1.56. The van der Waals surface area contributed by atoms with Crippen LogP contribution in [0.15, 0.2) is 59.1 Å². The average Bonchev–Trinajstić information content (AvgIpc) is 3.01. The molecule has 0 fully saturated rings. The third-order valence-electron chi connectivity index (χ3n) is 3.29. The molecule has 0 atom stereocenters. The van der Waals surface area contributed by atoms with Crippen LogP contribution in [0.2, 0.25) is 0 Å². The van der Waals surface area contributed by atoms with Crippen LogP contribution in [0.5, 0.6) is 5.75 Å². The summed E-state index contributed by atoms with van der Waals surface area (Å²) in [5, 5.41) is 13.1. The van der Waals surface area contributed by atoms with Crippen molar-refractivity contribution in [3.8, 4) is 28.2 Å². The van der Waals surface area contributed by atoms with E-state index < -0.39 is 5.97 Å². The number of methoxy groups -OCH3 is 1. The summed E-state index contributed by atoms with van der Waals surface area (Å²) in [4.78, 5) is 11.4. The molecule has 0 saturated carbocycles. The molecule has 0 saturated heterocycles. The van der Waals surface area contributed by atoms with E-state index in [1.54, 1.807) is 31.4 Å². The molecule has 1 aromatic heterocycles. The van der Waals surface area contributed by atoms with Crippen LogP contribution >= 0.6 is 0 Å². The van der Waals surface area contributed by atoms with E-state index in [-0.39, 0.29) is 5.69 Å².